The fourth-order valence-corrected chi connectivity index (χ4v) is 1.70. The Morgan fingerprint density at radius 1 is 1.17 bits per heavy atom. The van der Waals surface area contributed by atoms with Gasteiger partial charge in [-0.2, -0.15) is 0 Å². The molecule has 0 unspecified atom stereocenters. The van der Waals surface area contributed by atoms with E-state index < -0.39 is 11.9 Å². The number of anilines is 1. The summed E-state index contributed by atoms with van der Waals surface area (Å²) in [6.07, 6.45) is 0.0544. The zero-order valence-corrected chi connectivity index (χ0v) is 10.5. The van der Waals surface area contributed by atoms with Gasteiger partial charge in [-0.15, -0.1) is 0 Å². The number of aromatic carboxylic acids is 1. The lowest BCUT2D eigenvalue weighted by Crippen LogP contribution is -2.32. The fourth-order valence-electron chi connectivity index (χ4n) is 1.70. The molecule has 0 aliphatic carbocycles. The Hall–Kier alpha value is -2.04. The van der Waals surface area contributed by atoms with E-state index >= 15 is 0 Å². The van der Waals surface area contributed by atoms with Gasteiger partial charge in [-0.3, -0.25) is 4.79 Å². The van der Waals surface area contributed by atoms with Crippen molar-refractivity contribution in [2.24, 2.45) is 0 Å². The summed E-state index contributed by atoms with van der Waals surface area (Å²) in [5.41, 5.74) is 1.05. The number of carboxylic acid groups (broad SMARTS) is 2. The highest BCUT2D eigenvalue weighted by atomic mass is 16.4. The topological polar surface area (TPSA) is 77.8 Å². The Kier molecular flexibility index (Phi) is 4.71. The molecule has 5 nitrogen and oxygen atoms in total. The molecule has 0 saturated heterocycles. The standard InChI is InChI=1S/C13H17NO4/c1-9(2)14(8-7-12(15)16)11-5-3-10(4-6-11)13(17)18/h3-6,9H,7-8H2,1-2H3,(H,15,16)(H,17,18). The molecular formula is C13H17NO4. The Labute approximate surface area is 106 Å². The second-order valence-corrected chi connectivity index (χ2v) is 4.28. The van der Waals surface area contributed by atoms with Gasteiger partial charge in [0.05, 0.1) is 12.0 Å². The summed E-state index contributed by atoms with van der Waals surface area (Å²) in [7, 11) is 0. The Bertz CT molecular complexity index is 425. The predicted molar refractivity (Wildman–Crippen MR) is 68.1 cm³/mol. The molecule has 0 heterocycles. The molecule has 1 aromatic carbocycles. The summed E-state index contributed by atoms with van der Waals surface area (Å²) in [4.78, 5) is 23.3. The van der Waals surface area contributed by atoms with Crippen LogP contribution < -0.4 is 4.90 Å². The van der Waals surface area contributed by atoms with Crippen molar-refractivity contribution >= 4 is 17.6 Å². The van der Waals surface area contributed by atoms with Crippen LogP contribution in [0.1, 0.15) is 30.6 Å². The number of rotatable bonds is 6. The summed E-state index contributed by atoms with van der Waals surface area (Å²) >= 11 is 0. The van der Waals surface area contributed by atoms with E-state index in [4.69, 9.17) is 10.2 Å². The minimum Gasteiger partial charge on any atom is -0.481 e. The van der Waals surface area contributed by atoms with Crippen LogP contribution in [-0.2, 0) is 4.79 Å². The van der Waals surface area contributed by atoms with Crippen LogP contribution in [0.4, 0.5) is 5.69 Å². The van der Waals surface area contributed by atoms with Gasteiger partial charge in [0.1, 0.15) is 0 Å². The minimum atomic E-state index is -0.969. The lowest BCUT2D eigenvalue weighted by Gasteiger charge is -2.28. The molecule has 0 amide bonds. The highest BCUT2D eigenvalue weighted by Crippen LogP contribution is 2.18. The van der Waals surface area contributed by atoms with Crippen molar-refractivity contribution in [3.05, 3.63) is 29.8 Å². The molecule has 18 heavy (non-hydrogen) atoms. The van der Waals surface area contributed by atoms with Gasteiger partial charge >= 0.3 is 11.9 Å². The van der Waals surface area contributed by atoms with E-state index in [0.29, 0.717) is 6.54 Å². The minimum absolute atomic E-state index is 0.0544. The summed E-state index contributed by atoms with van der Waals surface area (Å²) in [6, 6.07) is 6.60. The zero-order chi connectivity index (χ0) is 13.7. The van der Waals surface area contributed by atoms with Crippen molar-refractivity contribution in [2.75, 3.05) is 11.4 Å². The smallest absolute Gasteiger partial charge is 0.335 e. The Balaban J connectivity index is 2.85. The fraction of sp³-hybridized carbons (Fsp3) is 0.385. The molecule has 1 aromatic rings. The first kappa shape index (κ1) is 14.0. The van der Waals surface area contributed by atoms with Gasteiger partial charge in [-0.05, 0) is 38.1 Å². The molecule has 0 bridgehead atoms. The molecule has 0 saturated carbocycles. The number of hydrogen-bond donors (Lipinski definition) is 2. The van der Waals surface area contributed by atoms with Crippen LogP contribution in [0.5, 0.6) is 0 Å². The molecule has 1 rings (SSSR count). The quantitative estimate of drug-likeness (QED) is 0.809. The van der Waals surface area contributed by atoms with Crippen LogP contribution in [0.15, 0.2) is 24.3 Å². The number of carbonyl (C=O) groups is 2. The van der Waals surface area contributed by atoms with E-state index in [-0.39, 0.29) is 18.0 Å². The van der Waals surface area contributed by atoms with Crippen LogP contribution in [0, 0.1) is 0 Å². The van der Waals surface area contributed by atoms with Crippen LogP contribution in [0.2, 0.25) is 0 Å². The summed E-state index contributed by atoms with van der Waals surface area (Å²) in [5.74, 6) is -1.81. The van der Waals surface area contributed by atoms with Gasteiger partial charge in [0, 0.05) is 18.3 Å². The Morgan fingerprint density at radius 2 is 1.72 bits per heavy atom. The van der Waals surface area contributed by atoms with E-state index in [1.807, 2.05) is 18.7 Å². The van der Waals surface area contributed by atoms with Gasteiger partial charge < -0.3 is 15.1 Å². The highest BCUT2D eigenvalue weighted by Gasteiger charge is 2.12. The van der Waals surface area contributed by atoms with Crippen molar-refractivity contribution in [3.8, 4) is 0 Å². The van der Waals surface area contributed by atoms with Crippen LogP contribution in [0.25, 0.3) is 0 Å². The third-order valence-corrected chi connectivity index (χ3v) is 2.64. The summed E-state index contributed by atoms with van der Waals surface area (Å²) in [6.45, 7) is 4.33. The van der Waals surface area contributed by atoms with Crippen LogP contribution >= 0.6 is 0 Å². The normalized spacial score (nSPS) is 10.4. The van der Waals surface area contributed by atoms with Crippen molar-refractivity contribution in [1.29, 1.82) is 0 Å². The first-order valence-electron chi connectivity index (χ1n) is 5.73. The van der Waals surface area contributed by atoms with Gasteiger partial charge in [0.15, 0.2) is 0 Å². The van der Waals surface area contributed by atoms with Gasteiger partial charge in [0.2, 0.25) is 0 Å². The molecule has 0 atom stereocenters. The molecular weight excluding hydrogens is 234 g/mol. The van der Waals surface area contributed by atoms with Crippen molar-refractivity contribution in [1.82, 2.24) is 0 Å². The van der Waals surface area contributed by atoms with Crippen molar-refractivity contribution in [2.45, 2.75) is 26.3 Å². The molecule has 98 valence electrons. The van der Waals surface area contributed by atoms with E-state index in [1.54, 1.807) is 12.1 Å². The average molecular weight is 251 g/mol. The van der Waals surface area contributed by atoms with Crippen LogP contribution in [-0.4, -0.2) is 34.7 Å². The van der Waals surface area contributed by atoms with Gasteiger partial charge in [0.25, 0.3) is 0 Å². The lowest BCUT2D eigenvalue weighted by atomic mass is 10.1. The maximum absolute atomic E-state index is 10.7. The largest absolute Gasteiger partial charge is 0.481 e. The maximum Gasteiger partial charge on any atom is 0.335 e. The first-order valence-corrected chi connectivity index (χ1v) is 5.73. The number of hydrogen-bond acceptors (Lipinski definition) is 3. The lowest BCUT2D eigenvalue weighted by molar-refractivity contribution is -0.136. The molecule has 0 aliphatic rings. The third kappa shape index (κ3) is 3.76. The molecule has 0 spiro atoms. The van der Waals surface area contributed by atoms with E-state index in [9.17, 15) is 9.59 Å². The first-order chi connectivity index (χ1) is 8.41. The molecule has 2 N–H and O–H groups in total. The number of aliphatic carboxylic acids is 1. The Morgan fingerprint density at radius 3 is 2.11 bits per heavy atom. The van der Waals surface area contributed by atoms with Crippen molar-refractivity contribution < 1.29 is 19.8 Å². The molecule has 0 aromatic heterocycles. The van der Waals surface area contributed by atoms with E-state index in [2.05, 4.69) is 0 Å². The monoisotopic (exact) mass is 251 g/mol. The molecule has 0 radical (unpaired) electrons. The molecule has 0 fully saturated rings. The number of nitrogens with zero attached hydrogens (tertiary/aromatic N) is 1. The van der Waals surface area contributed by atoms with Crippen LogP contribution in [0.3, 0.4) is 0 Å². The number of carboxylic acids is 2. The highest BCUT2D eigenvalue weighted by molar-refractivity contribution is 5.88. The van der Waals surface area contributed by atoms with E-state index in [0.717, 1.165) is 5.69 Å². The zero-order valence-electron chi connectivity index (χ0n) is 10.5. The second-order valence-electron chi connectivity index (χ2n) is 4.28. The molecule has 5 heteroatoms. The van der Waals surface area contributed by atoms with E-state index in [1.165, 1.54) is 12.1 Å². The SMILES string of the molecule is CC(C)N(CCC(=O)O)c1ccc(C(=O)O)cc1. The predicted octanol–water partition coefficient (Wildman–Crippen LogP) is 2.07. The maximum atomic E-state index is 10.7. The van der Waals surface area contributed by atoms with Gasteiger partial charge in [-0.25, -0.2) is 4.79 Å². The van der Waals surface area contributed by atoms with Crippen molar-refractivity contribution in [3.63, 3.8) is 0 Å². The summed E-state index contributed by atoms with van der Waals surface area (Å²) < 4.78 is 0. The summed E-state index contributed by atoms with van der Waals surface area (Å²) in [5, 5.41) is 17.5. The number of benzene rings is 1. The average Bonchev–Trinajstić information content (AvgIpc) is 2.29. The second kappa shape index (κ2) is 6.05. The third-order valence-electron chi connectivity index (χ3n) is 2.64. The van der Waals surface area contributed by atoms with Gasteiger partial charge in [-0.1, -0.05) is 0 Å². The molecule has 0 aliphatic heterocycles.